The monoisotopic (exact) mass is 364 g/mol. The van der Waals surface area contributed by atoms with Crippen LogP contribution in [0.1, 0.15) is 28.1 Å². The first-order valence-electron chi connectivity index (χ1n) is 8.32. The van der Waals surface area contributed by atoms with Crippen molar-refractivity contribution in [2.45, 2.75) is 33.7 Å². The molecule has 0 aliphatic heterocycles. The van der Waals surface area contributed by atoms with Crippen molar-refractivity contribution >= 4 is 17.3 Å². The van der Waals surface area contributed by atoms with E-state index in [1.165, 1.54) is 10.9 Å². The van der Waals surface area contributed by atoms with Crippen molar-refractivity contribution in [3.8, 4) is 5.75 Å². The van der Waals surface area contributed by atoms with Crippen LogP contribution in [0, 0.1) is 19.7 Å². The average molecular weight is 364 g/mol. The van der Waals surface area contributed by atoms with Crippen LogP contribution >= 0.6 is 11.3 Å². The van der Waals surface area contributed by atoms with Gasteiger partial charge in [0.15, 0.2) is 17.5 Å². The number of benzene rings is 1. The SMILES string of the molecule is CCOc1ccc(CNC(=NC)NCCc2nc(C)c(C)s2)cc1F. The summed E-state index contributed by atoms with van der Waals surface area (Å²) >= 11 is 1.73. The molecule has 5 nitrogen and oxygen atoms in total. The van der Waals surface area contributed by atoms with E-state index in [1.54, 1.807) is 24.5 Å². The molecule has 0 radical (unpaired) electrons. The Morgan fingerprint density at radius 2 is 2.12 bits per heavy atom. The number of aromatic nitrogens is 1. The molecule has 2 aromatic rings. The minimum Gasteiger partial charge on any atom is -0.491 e. The zero-order valence-corrected chi connectivity index (χ0v) is 16.0. The third-order valence-electron chi connectivity index (χ3n) is 3.68. The van der Waals surface area contributed by atoms with E-state index < -0.39 is 0 Å². The molecule has 0 amide bonds. The van der Waals surface area contributed by atoms with Gasteiger partial charge in [0.2, 0.25) is 0 Å². The number of thiazole rings is 1. The van der Waals surface area contributed by atoms with Crippen molar-refractivity contribution in [2.75, 3.05) is 20.2 Å². The van der Waals surface area contributed by atoms with Gasteiger partial charge in [-0.15, -0.1) is 11.3 Å². The second-order valence-electron chi connectivity index (χ2n) is 5.55. The van der Waals surface area contributed by atoms with Crippen LogP contribution in [-0.2, 0) is 13.0 Å². The number of ether oxygens (including phenoxy) is 1. The first kappa shape index (κ1) is 19.2. The van der Waals surface area contributed by atoms with E-state index in [4.69, 9.17) is 4.74 Å². The highest BCUT2D eigenvalue weighted by Crippen LogP contribution is 2.18. The molecule has 0 fully saturated rings. The van der Waals surface area contributed by atoms with Gasteiger partial charge in [-0.3, -0.25) is 4.99 Å². The van der Waals surface area contributed by atoms with E-state index in [1.807, 2.05) is 19.9 Å². The number of hydrogen-bond donors (Lipinski definition) is 2. The maximum Gasteiger partial charge on any atom is 0.191 e. The first-order chi connectivity index (χ1) is 12.0. The van der Waals surface area contributed by atoms with Gasteiger partial charge in [-0.05, 0) is 38.5 Å². The molecule has 136 valence electrons. The maximum atomic E-state index is 13.9. The van der Waals surface area contributed by atoms with Gasteiger partial charge in [0, 0.05) is 31.4 Å². The quantitative estimate of drug-likeness (QED) is 0.585. The molecule has 0 aliphatic carbocycles. The van der Waals surface area contributed by atoms with Gasteiger partial charge >= 0.3 is 0 Å². The molecule has 0 bridgehead atoms. The Labute approximate surface area is 152 Å². The molecular weight excluding hydrogens is 339 g/mol. The predicted molar refractivity (Wildman–Crippen MR) is 101 cm³/mol. The Bertz CT molecular complexity index is 710. The van der Waals surface area contributed by atoms with Crippen LogP contribution < -0.4 is 15.4 Å². The van der Waals surface area contributed by atoms with E-state index in [0.717, 1.165) is 29.2 Å². The largest absolute Gasteiger partial charge is 0.491 e. The van der Waals surface area contributed by atoms with Crippen LogP contribution in [0.3, 0.4) is 0 Å². The maximum absolute atomic E-state index is 13.9. The molecule has 0 spiro atoms. The Balaban J connectivity index is 1.81. The number of halogens is 1. The lowest BCUT2D eigenvalue weighted by Crippen LogP contribution is -2.37. The number of aliphatic imine (C=N–C) groups is 1. The van der Waals surface area contributed by atoms with Crippen LogP contribution in [0.2, 0.25) is 0 Å². The predicted octanol–water partition coefficient (Wildman–Crippen LogP) is 3.21. The summed E-state index contributed by atoms with van der Waals surface area (Å²) in [6.07, 6.45) is 0.845. The minimum absolute atomic E-state index is 0.280. The van der Waals surface area contributed by atoms with Gasteiger partial charge in [0.1, 0.15) is 0 Å². The molecular formula is C18H25FN4OS. The summed E-state index contributed by atoms with van der Waals surface area (Å²) in [7, 11) is 1.71. The van der Waals surface area contributed by atoms with Crippen LogP contribution in [0.25, 0.3) is 0 Å². The standard InChI is InChI=1S/C18H25FN4OS/c1-5-24-16-7-6-14(10-15(16)19)11-22-18(20-4)21-9-8-17-23-12(2)13(3)25-17/h6-7,10H,5,8-9,11H2,1-4H3,(H2,20,21,22). The van der Waals surface area contributed by atoms with E-state index in [-0.39, 0.29) is 11.6 Å². The van der Waals surface area contributed by atoms with Gasteiger partial charge in [0.25, 0.3) is 0 Å². The summed E-state index contributed by atoms with van der Waals surface area (Å²) in [6.45, 7) is 7.61. The molecule has 0 saturated heterocycles. The third-order valence-corrected chi connectivity index (χ3v) is 4.82. The minimum atomic E-state index is -0.349. The Morgan fingerprint density at radius 3 is 2.72 bits per heavy atom. The van der Waals surface area contributed by atoms with Crippen LogP contribution in [0.15, 0.2) is 23.2 Å². The highest BCUT2D eigenvalue weighted by Gasteiger charge is 2.06. The highest BCUT2D eigenvalue weighted by atomic mass is 32.1. The molecule has 0 atom stereocenters. The van der Waals surface area contributed by atoms with Crippen molar-refractivity contribution in [2.24, 2.45) is 4.99 Å². The van der Waals surface area contributed by atoms with E-state index >= 15 is 0 Å². The van der Waals surface area contributed by atoms with Crippen molar-refractivity contribution in [1.82, 2.24) is 15.6 Å². The normalized spacial score (nSPS) is 11.5. The Kier molecular flexibility index (Phi) is 7.18. The topological polar surface area (TPSA) is 58.5 Å². The molecule has 0 saturated carbocycles. The fourth-order valence-electron chi connectivity index (χ4n) is 2.27. The molecule has 0 aliphatic rings. The van der Waals surface area contributed by atoms with E-state index in [2.05, 4.69) is 27.5 Å². The summed E-state index contributed by atoms with van der Waals surface area (Å²) in [5.74, 6) is 0.612. The van der Waals surface area contributed by atoms with Gasteiger partial charge in [-0.25, -0.2) is 9.37 Å². The lowest BCUT2D eigenvalue weighted by molar-refractivity contribution is 0.321. The Hall–Kier alpha value is -2.15. The van der Waals surface area contributed by atoms with Crippen molar-refractivity contribution in [3.05, 3.63) is 45.2 Å². The second-order valence-corrected chi connectivity index (χ2v) is 6.84. The summed E-state index contributed by atoms with van der Waals surface area (Å²) in [5.41, 5.74) is 1.93. The number of hydrogen-bond acceptors (Lipinski definition) is 4. The van der Waals surface area contributed by atoms with E-state index in [9.17, 15) is 4.39 Å². The molecule has 2 rings (SSSR count). The molecule has 1 heterocycles. The molecule has 2 N–H and O–H groups in total. The number of guanidine groups is 1. The summed E-state index contributed by atoms with van der Waals surface area (Å²) < 4.78 is 19.1. The number of rotatable bonds is 7. The molecule has 1 aromatic heterocycles. The fourth-order valence-corrected chi connectivity index (χ4v) is 3.20. The fraction of sp³-hybridized carbons (Fsp3) is 0.444. The zero-order chi connectivity index (χ0) is 18.2. The number of aryl methyl sites for hydroxylation is 2. The van der Waals surface area contributed by atoms with Crippen LogP contribution in [0.5, 0.6) is 5.75 Å². The smallest absolute Gasteiger partial charge is 0.191 e. The van der Waals surface area contributed by atoms with Crippen molar-refractivity contribution in [1.29, 1.82) is 0 Å². The van der Waals surface area contributed by atoms with Crippen LogP contribution in [-0.4, -0.2) is 31.1 Å². The van der Waals surface area contributed by atoms with Crippen molar-refractivity contribution in [3.63, 3.8) is 0 Å². The lowest BCUT2D eigenvalue weighted by Gasteiger charge is -2.12. The molecule has 7 heteroatoms. The van der Waals surface area contributed by atoms with Gasteiger partial charge < -0.3 is 15.4 Å². The molecule has 1 aromatic carbocycles. The first-order valence-corrected chi connectivity index (χ1v) is 9.13. The zero-order valence-electron chi connectivity index (χ0n) is 15.1. The second kappa shape index (κ2) is 9.36. The highest BCUT2D eigenvalue weighted by molar-refractivity contribution is 7.11. The summed E-state index contributed by atoms with van der Waals surface area (Å²) in [4.78, 5) is 9.97. The summed E-state index contributed by atoms with van der Waals surface area (Å²) in [6, 6.07) is 4.97. The average Bonchev–Trinajstić information content (AvgIpc) is 2.91. The number of nitrogens with zero attached hydrogens (tertiary/aromatic N) is 2. The van der Waals surface area contributed by atoms with E-state index in [0.29, 0.717) is 19.1 Å². The molecule has 25 heavy (non-hydrogen) atoms. The van der Waals surface area contributed by atoms with Crippen molar-refractivity contribution < 1.29 is 9.13 Å². The lowest BCUT2D eigenvalue weighted by atomic mass is 10.2. The summed E-state index contributed by atoms with van der Waals surface area (Å²) in [5, 5.41) is 7.55. The number of nitrogens with one attached hydrogen (secondary N) is 2. The van der Waals surface area contributed by atoms with Gasteiger partial charge in [0.05, 0.1) is 17.3 Å². The molecule has 0 unspecified atom stereocenters. The third kappa shape index (κ3) is 5.70. The Morgan fingerprint density at radius 1 is 1.32 bits per heavy atom. The van der Waals surface area contributed by atoms with Gasteiger partial charge in [-0.2, -0.15) is 0 Å². The van der Waals surface area contributed by atoms with Gasteiger partial charge in [-0.1, -0.05) is 6.07 Å². The van der Waals surface area contributed by atoms with Crippen LogP contribution in [0.4, 0.5) is 4.39 Å².